The standard InChI is InChI=1S/C28H35N3O7/c1-28(2,3)38-27(36)30-21(16-18-10-6-5-7-11-18)26(35)31(19-14-15-19)24(20-12-8-9-13-22(20)32)25(34)29-17-23(33)37-4/h5-13,19,21,24,32H,14-17H2,1-4H3,(H,29,34)(H,30,36). The average Bonchev–Trinajstić information content (AvgIpc) is 3.70. The average molecular weight is 526 g/mol. The second-order valence-electron chi connectivity index (χ2n) is 10.1. The van der Waals surface area contributed by atoms with E-state index in [-0.39, 0.29) is 23.8 Å². The van der Waals surface area contributed by atoms with E-state index in [4.69, 9.17) is 4.74 Å². The van der Waals surface area contributed by atoms with Gasteiger partial charge in [0.05, 0.1) is 7.11 Å². The quantitative estimate of drug-likeness (QED) is 0.406. The molecule has 1 aliphatic rings. The third-order valence-corrected chi connectivity index (χ3v) is 5.86. The smallest absolute Gasteiger partial charge is 0.408 e. The van der Waals surface area contributed by atoms with E-state index in [1.807, 2.05) is 30.3 Å². The molecule has 0 saturated heterocycles. The van der Waals surface area contributed by atoms with E-state index in [1.54, 1.807) is 39.0 Å². The Morgan fingerprint density at radius 1 is 1.03 bits per heavy atom. The highest BCUT2D eigenvalue weighted by atomic mass is 16.6. The lowest BCUT2D eigenvalue weighted by Gasteiger charge is -2.35. The Labute approximate surface area is 222 Å². The second kappa shape index (κ2) is 12.4. The number of esters is 1. The van der Waals surface area contributed by atoms with E-state index in [2.05, 4.69) is 15.4 Å². The molecule has 0 radical (unpaired) electrons. The van der Waals surface area contributed by atoms with Crippen LogP contribution in [0.2, 0.25) is 0 Å². The number of aromatic hydroxyl groups is 1. The van der Waals surface area contributed by atoms with Crippen molar-refractivity contribution in [2.75, 3.05) is 13.7 Å². The molecule has 3 amide bonds. The Hall–Kier alpha value is -4.08. The van der Waals surface area contributed by atoms with Crippen LogP contribution in [0.15, 0.2) is 54.6 Å². The molecular formula is C28H35N3O7. The maximum atomic E-state index is 14.2. The first kappa shape index (κ1) is 28.5. The van der Waals surface area contributed by atoms with Crippen LogP contribution in [0.3, 0.4) is 0 Å². The van der Waals surface area contributed by atoms with Crippen LogP contribution in [0.25, 0.3) is 0 Å². The molecule has 3 rings (SSSR count). The molecule has 1 aliphatic carbocycles. The Kier molecular flexibility index (Phi) is 9.33. The minimum absolute atomic E-state index is 0.152. The summed E-state index contributed by atoms with van der Waals surface area (Å²) in [7, 11) is 1.20. The fourth-order valence-corrected chi connectivity index (χ4v) is 4.01. The normalized spacial score (nSPS) is 14.5. The van der Waals surface area contributed by atoms with E-state index < -0.39 is 48.1 Å². The zero-order chi connectivity index (χ0) is 27.9. The highest BCUT2D eigenvalue weighted by molar-refractivity contribution is 5.94. The lowest BCUT2D eigenvalue weighted by atomic mass is 9.99. The van der Waals surface area contributed by atoms with Crippen LogP contribution in [-0.2, 0) is 30.3 Å². The first-order valence-corrected chi connectivity index (χ1v) is 12.5. The Balaban J connectivity index is 1.99. The minimum Gasteiger partial charge on any atom is -0.508 e. The van der Waals surface area contributed by atoms with Crippen molar-refractivity contribution in [3.05, 3.63) is 65.7 Å². The number of ether oxygens (including phenoxy) is 2. The summed E-state index contributed by atoms with van der Waals surface area (Å²) in [6, 6.07) is 12.8. The van der Waals surface area contributed by atoms with Gasteiger partial charge in [-0.15, -0.1) is 0 Å². The fourth-order valence-electron chi connectivity index (χ4n) is 4.01. The van der Waals surface area contributed by atoms with E-state index in [1.165, 1.54) is 18.1 Å². The number of alkyl carbamates (subject to hydrolysis) is 1. The van der Waals surface area contributed by atoms with Gasteiger partial charge in [-0.3, -0.25) is 14.4 Å². The molecule has 0 heterocycles. The van der Waals surface area contributed by atoms with Crippen LogP contribution in [0, 0.1) is 0 Å². The summed E-state index contributed by atoms with van der Waals surface area (Å²) in [5, 5.41) is 15.8. The first-order chi connectivity index (χ1) is 18.0. The molecule has 1 saturated carbocycles. The number of carbonyl (C=O) groups is 4. The van der Waals surface area contributed by atoms with Gasteiger partial charge in [-0.05, 0) is 45.2 Å². The summed E-state index contributed by atoms with van der Waals surface area (Å²) < 4.78 is 10.0. The van der Waals surface area contributed by atoms with E-state index in [9.17, 15) is 24.3 Å². The molecule has 2 aromatic carbocycles. The molecular weight excluding hydrogens is 490 g/mol. The van der Waals surface area contributed by atoms with Crippen LogP contribution in [0.4, 0.5) is 4.79 Å². The highest BCUT2D eigenvalue weighted by Crippen LogP contribution is 2.38. The summed E-state index contributed by atoms with van der Waals surface area (Å²) in [4.78, 5) is 53.4. The molecule has 2 unspecified atom stereocenters. The van der Waals surface area contributed by atoms with E-state index in [0.717, 1.165) is 5.56 Å². The molecule has 2 aromatic rings. The third-order valence-electron chi connectivity index (χ3n) is 5.86. The van der Waals surface area contributed by atoms with Crippen LogP contribution >= 0.6 is 0 Å². The number of benzene rings is 2. The molecule has 10 heteroatoms. The molecule has 1 fully saturated rings. The van der Waals surface area contributed by atoms with Crippen LogP contribution in [0.5, 0.6) is 5.75 Å². The molecule has 204 valence electrons. The van der Waals surface area contributed by atoms with Gasteiger partial charge in [-0.1, -0.05) is 48.5 Å². The predicted octanol–water partition coefficient (Wildman–Crippen LogP) is 2.85. The Morgan fingerprint density at radius 3 is 2.24 bits per heavy atom. The number of nitrogens with one attached hydrogen (secondary N) is 2. The summed E-state index contributed by atoms with van der Waals surface area (Å²) in [6.45, 7) is 4.75. The fraction of sp³-hybridized carbons (Fsp3) is 0.429. The van der Waals surface area contributed by atoms with Crippen molar-refractivity contribution >= 4 is 23.9 Å². The van der Waals surface area contributed by atoms with Gasteiger partial charge in [-0.25, -0.2) is 4.79 Å². The summed E-state index contributed by atoms with van der Waals surface area (Å²) in [6.07, 6.45) is 0.672. The number of phenolic OH excluding ortho intramolecular Hbond substituents is 1. The number of carbonyl (C=O) groups excluding carboxylic acids is 4. The van der Waals surface area contributed by atoms with Gasteiger partial charge in [0.25, 0.3) is 0 Å². The molecule has 0 aliphatic heterocycles. The van der Waals surface area contributed by atoms with Gasteiger partial charge in [0.15, 0.2) is 0 Å². The molecule has 2 atom stereocenters. The summed E-state index contributed by atoms with van der Waals surface area (Å²) in [5.41, 5.74) is 0.213. The maximum Gasteiger partial charge on any atom is 0.408 e. The van der Waals surface area contributed by atoms with Gasteiger partial charge < -0.3 is 30.1 Å². The highest BCUT2D eigenvalue weighted by Gasteiger charge is 2.44. The van der Waals surface area contributed by atoms with Crippen molar-refractivity contribution in [1.29, 1.82) is 0 Å². The SMILES string of the molecule is COC(=O)CNC(=O)C(c1ccccc1O)N(C(=O)C(Cc1ccccc1)NC(=O)OC(C)(C)C)C1CC1. The summed E-state index contributed by atoms with van der Waals surface area (Å²) >= 11 is 0. The maximum absolute atomic E-state index is 14.2. The van der Waals surface area contributed by atoms with E-state index in [0.29, 0.717) is 12.8 Å². The topological polar surface area (TPSA) is 134 Å². The van der Waals surface area contributed by atoms with Crippen molar-refractivity contribution in [2.24, 2.45) is 0 Å². The van der Waals surface area contributed by atoms with Crippen LogP contribution in [-0.4, -0.2) is 65.2 Å². The van der Waals surface area contributed by atoms with Gasteiger partial charge in [-0.2, -0.15) is 0 Å². The number of amides is 3. The molecule has 0 spiro atoms. The van der Waals surface area contributed by atoms with Crippen LogP contribution in [0.1, 0.15) is 50.8 Å². The van der Waals surface area contributed by atoms with Crippen molar-refractivity contribution in [2.45, 2.75) is 63.8 Å². The lowest BCUT2D eigenvalue weighted by Crippen LogP contribution is -2.54. The van der Waals surface area contributed by atoms with Crippen molar-refractivity contribution in [3.8, 4) is 5.75 Å². The Morgan fingerprint density at radius 2 is 1.66 bits per heavy atom. The number of hydrogen-bond acceptors (Lipinski definition) is 7. The molecule has 38 heavy (non-hydrogen) atoms. The van der Waals surface area contributed by atoms with Gasteiger partial charge >= 0.3 is 12.1 Å². The van der Waals surface area contributed by atoms with Crippen molar-refractivity contribution in [3.63, 3.8) is 0 Å². The van der Waals surface area contributed by atoms with Crippen molar-refractivity contribution in [1.82, 2.24) is 15.5 Å². The number of para-hydroxylation sites is 1. The zero-order valence-electron chi connectivity index (χ0n) is 22.1. The number of methoxy groups -OCH3 is 1. The molecule has 0 bridgehead atoms. The monoisotopic (exact) mass is 525 g/mol. The predicted molar refractivity (Wildman–Crippen MR) is 139 cm³/mol. The van der Waals surface area contributed by atoms with Gasteiger partial charge in [0, 0.05) is 18.0 Å². The number of hydrogen-bond donors (Lipinski definition) is 3. The van der Waals surface area contributed by atoms with Gasteiger partial charge in [0.1, 0.15) is 30.0 Å². The van der Waals surface area contributed by atoms with Gasteiger partial charge in [0.2, 0.25) is 11.8 Å². The number of rotatable bonds is 10. The molecule has 10 nitrogen and oxygen atoms in total. The van der Waals surface area contributed by atoms with Crippen molar-refractivity contribution < 1.29 is 33.8 Å². The zero-order valence-corrected chi connectivity index (χ0v) is 22.1. The first-order valence-electron chi connectivity index (χ1n) is 12.5. The second-order valence-corrected chi connectivity index (χ2v) is 10.1. The number of nitrogens with zero attached hydrogens (tertiary/aromatic N) is 1. The summed E-state index contributed by atoms with van der Waals surface area (Å²) in [5.74, 6) is -2.01. The minimum atomic E-state index is -1.25. The molecule has 3 N–H and O–H groups in total. The lowest BCUT2D eigenvalue weighted by molar-refractivity contribution is -0.145. The Bertz CT molecular complexity index is 1140. The third kappa shape index (κ3) is 7.96. The van der Waals surface area contributed by atoms with E-state index >= 15 is 0 Å². The largest absolute Gasteiger partial charge is 0.508 e. The molecule has 0 aromatic heterocycles. The van der Waals surface area contributed by atoms with Crippen LogP contribution < -0.4 is 10.6 Å². The number of phenols is 1.